The molecule has 0 unspecified atom stereocenters. The Morgan fingerprint density at radius 3 is 2.55 bits per heavy atom. The molecule has 20 heavy (non-hydrogen) atoms. The van der Waals surface area contributed by atoms with Crippen LogP contribution in [-0.2, 0) is 21.7 Å². The molecule has 112 valence electrons. The van der Waals surface area contributed by atoms with Gasteiger partial charge in [-0.2, -0.15) is 0 Å². The molecule has 0 spiro atoms. The highest BCUT2D eigenvalue weighted by Crippen LogP contribution is 2.28. The van der Waals surface area contributed by atoms with Gasteiger partial charge in [0.25, 0.3) is 0 Å². The van der Waals surface area contributed by atoms with E-state index in [1.54, 1.807) is 4.31 Å². The standard InChI is InChI=1S/C15H22ClNO2S/c1-2-17(11-13-5-3-6-13)20(18,19)12-15-8-4-7-14(9-15)10-16/h4,7-9,13H,2-3,5-6,10-12H2,1H3. The summed E-state index contributed by atoms with van der Waals surface area (Å²) in [7, 11) is -3.23. The fourth-order valence-corrected chi connectivity index (χ4v) is 4.29. The first-order valence-corrected chi connectivity index (χ1v) is 9.31. The topological polar surface area (TPSA) is 37.4 Å². The van der Waals surface area contributed by atoms with Crippen molar-refractivity contribution >= 4 is 21.6 Å². The highest BCUT2D eigenvalue weighted by Gasteiger charge is 2.27. The van der Waals surface area contributed by atoms with Crippen LogP contribution >= 0.6 is 11.6 Å². The van der Waals surface area contributed by atoms with Crippen molar-refractivity contribution in [1.82, 2.24) is 4.31 Å². The molecule has 1 aromatic rings. The number of rotatable bonds is 7. The normalized spacial score (nSPS) is 16.4. The molecule has 0 aromatic heterocycles. The summed E-state index contributed by atoms with van der Waals surface area (Å²) >= 11 is 5.80. The molecule has 0 amide bonds. The number of alkyl halides is 1. The highest BCUT2D eigenvalue weighted by molar-refractivity contribution is 7.88. The molecule has 3 nitrogen and oxygen atoms in total. The van der Waals surface area contributed by atoms with Crippen LogP contribution in [0.25, 0.3) is 0 Å². The summed E-state index contributed by atoms with van der Waals surface area (Å²) in [5, 5.41) is 0. The molecule has 2 rings (SSSR count). The summed E-state index contributed by atoms with van der Waals surface area (Å²) in [6, 6.07) is 7.51. The van der Waals surface area contributed by atoms with E-state index >= 15 is 0 Å². The van der Waals surface area contributed by atoms with Gasteiger partial charge in [-0.25, -0.2) is 12.7 Å². The van der Waals surface area contributed by atoms with Gasteiger partial charge in [0.15, 0.2) is 0 Å². The van der Waals surface area contributed by atoms with Gasteiger partial charge in [-0.3, -0.25) is 0 Å². The van der Waals surface area contributed by atoms with Crippen molar-refractivity contribution < 1.29 is 8.42 Å². The number of benzene rings is 1. The fourth-order valence-electron chi connectivity index (χ4n) is 2.51. The molecule has 0 N–H and O–H groups in total. The first-order valence-electron chi connectivity index (χ1n) is 7.16. The van der Waals surface area contributed by atoms with Crippen LogP contribution in [0.2, 0.25) is 0 Å². The van der Waals surface area contributed by atoms with Crippen LogP contribution in [0.1, 0.15) is 37.3 Å². The lowest BCUT2D eigenvalue weighted by Gasteiger charge is -2.31. The zero-order valence-corrected chi connectivity index (χ0v) is 13.5. The molecular weight excluding hydrogens is 294 g/mol. The van der Waals surface area contributed by atoms with Gasteiger partial charge in [-0.1, -0.05) is 37.6 Å². The van der Waals surface area contributed by atoms with Crippen molar-refractivity contribution in [2.24, 2.45) is 5.92 Å². The second-order valence-electron chi connectivity index (χ2n) is 5.46. The van der Waals surface area contributed by atoms with Crippen molar-refractivity contribution in [2.45, 2.75) is 37.8 Å². The Hall–Kier alpha value is -0.580. The smallest absolute Gasteiger partial charge is 0.212 e. The number of hydrogen-bond acceptors (Lipinski definition) is 2. The van der Waals surface area contributed by atoms with Crippen molar-refractivity contribution in [3.63, 3.8) is 0 Å². The van der Waals surface area contributed by atoms with Gasteiger partial charge in [0.05, 0.1) is 5.75 Å². The van der Waals surface area contributed by atoms with E-state index in [9.17, 15) is 8.42 Å². The summed E-state index contributed by atoms with van der Waals surface area (Å²) in [6.45, 7) is 3.13. The van der Waals surface area contributed by atoms with E-state index in [4.69, 9.17) is 11.6 Å². The van der Waals surface area contributed by atoms with Crippen LogP contribution < -0.4 is 0 Å². The highest BCUT2D eigenvalue weighted by atomic mass is 35.5. The third-order valence-corrected chi connectivity index (χ3v) is 6.13. The third-order valence-electron chi connectivity index (χ3n) is 3.93. The zero-order chi connectivity index (χ0) is 14.6. The SMILES string of the molecule is CCN(CC1CCC1)S(=O)(=O)Cc1cccc(CCl)c1. The van der Waals surface area contributed by atoms with Crippen molar-refractivity contribution in [3.8, 4) is 0 Å². The van der Waals surface area contributed by atoms with E-state index in [1.807, 2.05) is 31.2 Å². The second-order valence-corrected chi connectivity index (χ2v) is 7.69. The Kier molecular flexibility index (Phi) is 5.47. The van der Waals surface area contributed by atoms with Gasteiger partial charge in [0, 0.05) is 19.0 Å². The van der Waals surface area contributed by atoms with Gasteiger partial charge in [0.1, 0.15) is 0 Å². The number of halogens is 1. The summed E-state index contributed by atoms with van der Waals surface area (Å²) in [6.07, 6.45) is 3.56. The summed E-state index contributed by atoms with van der Waals surface area (Å²) < 4.78 is 26.6. The van der Waals surface area contributed by atoms with E-state index in [2.05, 4.69) is 0 Å². The van der Waals surface area contributed by atoms with Crippen LogP contribution in [0.3, 0.4) is 0 Å². The first-order chi connectivity index (χ1) is 9.55. The molecule has 0 saturated heterocycles. The molecule has 0 aliphatic heterocycles. The lowest BCUT2D eigenvalue weighted by Crippen LogP contribution is -2.37. The van der Waals surface area contributed by atoms with Crippen molar-refractivity contribution in [3.05, 3.63) is 35.4 Å². The monoisotopic (exact) mass is 315 g/mol. The summed E-state index contributed by atoms with van der Waals surface area (Å²) in [4.78, 5) is 0. The van der Waals surface area contributed by atoms with Gasteiger partial charge in [0.2, 0.25) is 10.0 Å². The molecule has 0 radical (unpaired) electrons. The second kappa shape index (κ2) is 6.92. The minimum atomic E-state index is -3.23. The molecule has 1 saturated carbocycles. The Morgan fingerprint density at radius 2 is 2.00 bits per heavy atom. The van der Waals surface area contributed by atoms with Gasteiger partial charge in [-0.05, 0) is 29.9 Å². The molecule has 1 aromatic carbocycles. The predicted octanol–water partition coefficient (Wildman–Crippen LogP) is 3.38. The van der Waals surface area contributed by atoms with Crippen molar-refractivity contribution in [2.75, 3.05) is 13.1 Å². The molecule has 1 aliphatic carbocycles. The van der Waals surface area contributed by atoms with Gasteiger partial charge in [-0.15, -0.1) is 11.6 Å². The van der Waals surface area contributed by atoms with E-state index < -0.39 is 10.0 Å². The average Bonchev–Trinajstić information content (AvgIpc) is 2.37. The maximum Gasteiger partial charge on any atom is 0.218 e. The molecule has 1 aliphatic rings. The van der Waals surface area contributed by atoms with E-state index in [1.165, 1.54) is 6.42 Å². The Labute approximate surface area is 127 Å². The van der Waals surface area contributed by atoms with E-state index in [-0.39, 0.29) is 5.75 Å². The lowest BCUT2D eigenvalue weighted by molar-refractivity contribution is 0.250. The van der Waals surface area contributed by atoms with E-state index in [0.717, 1.165) is 24.0 Å². The number of sulfonamides is 1. The van der Waals surface area contributed by atoms with Crippen LogP contribution in [0.15, 0.2) is 24.3 Å². The first kappa shape index (κ1) is 15.8. The number of hydrogen-bond donors (Lipinski definition) is 0. The van der Waals surface area contributed by atoms with Gasteiger partial charge < -0.3 is 0 Å². The van der Waals surface area contributed by atoms with Gasteiger partial charge >= 0.3 is 0 Å². The Morgan fingerprint density at radius 1 is 1.30 bits per heavy atom. The molecule has 5 heteroatoms. The van der Waals surface area contributed by atoms with Crippen LogP contribution in [0, 0.1) is 5.92 Å². The summed E-state index contributed by atoms with van der Waals surface area (Å²) in [5.74, 6) is 1.03. The minimum Gasteiger partial charge on any atom is -0.212 e. The predicted molar refractivity (Wildman–Crippen MR) is 83.2 cm³/mol. The largest absolute Gasteiger partial charge is 0.218 e. The lowest BCUT2D eigenvalue weighted by atomic mass is 9.85. The van der Waals surface area contributed by atoms with E-state index in [0.29, 0.717) is 24.9 Å². The Balaban J connectivity index is 2.07. The Bertz CT molecular complexity index is 541. The average molecular weight is 316 g/mol. The minimum absolute atomic E-state index is 0.0677. The number of nitrogens with zero attached hydrogens (tertiary/aromatic N) is 1. The maximum absolute atomic E-state index is 12.5. The summed E-state index contributed by atoms with van der Waals surface area (Å²) in [5.41, 5.74) is 1.77. The zero-order valence-electron chi connectivity index (χ0n) is 11.9. The van der Waals surface area contributed by atoms with Crippen LogP contribution in [0.5, 0.6) is 0 Å². The maximum atomic E-state index is 12.5. The fraction of sp³-hybridized carbons (Fsp3) is 0.600. The molecular formula is C15H22ClNO2S. The van der Waals surface area contributed by atoms with Crippen LogP contribution in [-0.4, -0.2) is 25.8 Å². The molecule has 1 fully saturated rings. The molecule has 0 atom stereocenters. The quantitative estimate of drug-likeness (QED) is 0.723. The van der Waals surface area contributed by atoms with Crippen LogP contribution in [0.4, 0.5) is 0 Å². The molecule has 0 bridgehead atoms. The third kappa shape index (κ3) is 3.96. The van der Waals surface area contributed by atoms with Crippen molar-refractivity contribution in [1.29, 1.82) is 0 Å². The molecule has 0 heterocycles.